The van der Waals surface area contributed by atoms with Crippen LogP contribution >= 0.6 is 45.9 Å². The Morgan fingerprint density at radius 1 is 1.12 bits per heavy atom. The second kappa shape index (κ2) is 12.0. The second-order valence-corrected chi connectivity index (χ2v) is 13.5. The summed E-state index contributed by atoms with van der Waals surface area (Å²) in [7, 11) is 2.20. The second-order valence-electron chi connectivity index (χ2n) is 10.8. The number of fused-ring (bicyclic) bond motifs is 3. The van der Waals surface area contributed by atoms with Crippen molar-refractivity contribution >= 4 is 73.7 Å². The normalized spacial score (nSPS) is 21.4. The van der Waals surface area contributed by atoms with Gasteiger partial charge in [-0.05, 0) is 51.8 Å². The summed E-state index contributed by atoms with van der Waals surface area (Å²) in [4.78, 5) is 42.7. The van der Waals surface area contributed by atoms with E-state index in [1.54, 1.807) is 23.6 Å². The molecule has 1 N–H and O–H groups in total. The number of carbonyl (C=O) groups is 2. The van der Waals surface area contributed by atoms with Crippen LogP contribution in [0, 0.1) is 5.92 Å². The number of aromatic nitrogens is 2. The summed E-state index contributed by atoms with van der Waals surface area (Å²) in [6.07, 6.45) is 5.25. The van der Waals surface area contributed by atoms with Gasteiger partial charge in [-0.2, -0.15) is 0 Å². The predicted molar refractivity (Wildman–Crippen MR) is 166 cm³/mol. The molecule has 41 heavy (non-hydrogen) atoms. The Labute approximate surface area is 257 Å². The number of thiophene rings is 1. The quantitative estimate of drug-likeness (QED) is 0.322. The van der Waals surface area contributed by atoms with E-state index in [0.29, 0.717) is 71.2 Å². The van der Waals surface area contributed by atoms with Gasteiger partial charge in [0.2, 0.25) is 0 Å². The molecule has 7 heterocycles. The predicted octanol–water partition coefficient (Wildman–Crippen LogP) is 5.89. The number of carbonyl (C=O) groups excluding carboxylic acids is 2. The van der Waals surface area contributed by atoms with Crippen LogP contribution in [-0.2, 0) is 9.53 Å². The lowest BCUT2D eigenvalue weighted by molar-refractivity contribution is -0.148. The maximum absolute atomic E-state index is 13.3. The molecule has 0 saturated carbocycles. The van der Waals surface area contributed by atoms with Crippen molar-refractivity contribution in [1.82, 2.24) is 14.9 Å². The Bertz CT molecular complexity index is 1440. The van der Waals surface area contributed by atoms with Gasteiger partial charge in [0, 0.05) is 49.8 Å². The minimum absolute atomic E-state index is 0.102. The molecule has 0 aliphatic carbocycles. The van der Waals surface area contributed by atoms with Crippen LogP contribution in [0.3, 0.4) is 0 Å². The number of rotatable bonds is 7. The van der Waals surface area contributed by atoms with Crippen LogP contribution in [0.15, 0.2) is 23.7 Å². The molecule has 0 radical (unpaired) electrons. The molecule has 7 rings (SSSR count). The fourth-order valence-electron chi connectivity index (χ4n) is 5.99. The first-order chi connectivity index (χ1) is 19.8. The van der Waals surface area contributed by atoms with Crippen LogP contribution in [0.4, 0.5) is 16.0 Å². The van der Waals surface area contributed by atoms with Crippen molar-refractivity contribution in [3.63, 3.8) is 0 Å². The van der Waals surface area contributed by atoms with Gasteiger partial charge < -0.3 is 14.5 Å². The van der Waals surface area contributed by atoms with Gasteiger partial charge >= 0.3 is 5.97 Å². The molecule has 3 aromatic heterocycles. The van der Waals surface area contributed by atoms with E-state index in [2.05, 4.69) is 32.0 Å². The van der Waals surface area contributed by atoms with Gasteiger partial charge in [0.1, 0.15) is 16.5 Å². The Balaban J connectivity index is 1.18. The molecule has 2 unspecified atom stereocenters. The molecule has 3 aromatic rings. The summed E-state index contributed by atoms with van der Waals surface area (Å²) in [5, 5.41) is 7.56. The summed E-state index contributed by atoms with van der Waals surface area (Å²) in [6, 6.07) is 4.51. The lowest BCUT2D eigenvalue weighted by atomic mass is 9.91. The topological polar surface area (TPSA) is 90.9 Å². The largest absolute Gasteiger partial charge is 0.466 e. The number of esters is 1. The van der Waals surface area contributed by atoms with Crippen LogP contribution < -0.4 is 15.1 Å². The zero-order valence-electron chi connectivity index (χ0n) is 22.9. The van der Waals surface area contributed by atoms with Crippen molar-refractivity contribution in [2.24, 2.45) is 5.92 Å². The van der Waals surface area contributed by atoms with Crippen molar-refractivity contribution in [3.8, 4) is 10.6 Å². The van der Waals surface area contributed by atoms with Crippen LogP contribution in [0.25, 0.3) is 10.6 Å². The smallest absolute Gasteiger partial charge is 0.309 e. The molecule has 4 aliphatic heterocycles. The van der Waals surface area contributed by atoms with Crippen molar-refractivity contribution in [1.29, 1.82) is 0 Å². The lowest BCUT2D eigenvalue weighted by Gasteiger charge is -2.50. The van der Waals surface area contributed by atoms with Gasteiger partial charge in [-0.25, -0.2) is 9.97 Å². The average Bonchev–Trinajstić information content (AvgIpc) is 3.59. The first-order valence-corrected chi connectivity index (χ1v) is 16.4. The van der Waals surface area contributed by atoms with Gasteiger partial charge in [0.15, 0.2) is 5.13 Å². The fourth-order valence-corrected chi connectivity index (χ4v) is 8.46. The van der Waals surface area contributed by atoms with Gasteiger partial charge in [0.05, 0.1) is 33.0 Å². The van der Waals surface area contributed by atoms with E-state index in [4.69, 9.17) is 32.9 Å². The first-order valence-electron chi connectivity index (χ1n) is 13.9. The zero-order chi connectivity index (χ0) is 28.7. The van der Waals surface area contributed by atoms with Gasteiger partial charge in [-0.1, -0.05) is 34.5 Å². The first kappa shape index (κ1) is 28.7. The summed E-state index contributed by atoms with van der Waals surface area (Å²) < 4.78 is 5.17. The number of nitrogens with one attached hydrogen (secondary N) is 1. The Hall–Kier alpha value is -2.44. The molecule has 4 aliphatic rings. The fraction of sp³-hybridized carbons (Fsp3) is 0.500. The van der Waals surface area contributed by atoms with Gasteiger partial charge in [-0.3, -0.25) is 19.8 Å². The van der Waals surface area contributed by atoms with E-state index in [1.807, 2.05) is 18.4 Å². The van der Waals surface area contributed by atoms with E-state index < -0.39 is 0 Å². The third-order valence-electron chi connectivity index (χ3n) is 8.19. The number of piperidine rings is 3. The molecule has 9 nitrogen and oxygen atoms in total. The third-order valence-corrected chi connectivity index (χ3v) is 10.8. The number of anilines is 3. The van der Waals surface area contributed by atoms with Gasteiger partial charge in [-0.15, -0.1) is 11.3 Å². The van der Waals surface area contributed by atoms with E-state index >= 15 is 0 Å². The number of halogens is 2. The average molecular weight is 636 g/mol. The van der Waals surface area contributed by atoms with Crippen LogP contribution in [0.1, 0.15) is 43.0 Å². The van der Waals surface area contributed by atoms with E-state index in [1.165, 1.54) is 17.8 Å². The molecule has 0 aromatic carbocycles. The summed E-state index contributed by atoms with van der Waals surface area (Å²) in [5.74, 6) is 0.0512. The number of hydrogen-bond donors (Lipinski definition) is 1. The van der Waals surface area contributed by atoms with Crippen molar-refractivity contribution in [3.05, 3.63) is 39.3 Å². The monoisotopic (exact) mass is 634 g/mol. The van der Waals surface area contributed by atoms with Crippen LogP contribution in [0.2, 0.25) is 10.0 Å². The number of thiazole rings is 1. The zero-order valence-corrected chi connectivity index (χ0v) is 26.1. The van der Waals surface area contributed by atoms with Crippen LogP contribution in [0.5, 0.6) is 0 Å². The molecular formula is C28H32Cl2N6O3S2. The molecule has 1 amide bonds. The third kappa shape index (κ3) is 5.92. The highest BCUT2D eigenvalue weighted by molar-refractivity contribution is 7.21. The number of pyridine rings is 1. The Kier molecular flexibility index (Phi) is 8.42. The minimum Gasteiger partial charge on any atom is -0.466 e. The number of nitrogens with zero attached hydrogens (tertiary/aromatic N) is 5. The maximum Gasteiger partial charge on any atom is 0.309 e. The molecule has 2 atom stereocenters. The van der Waals surface area contributed by atoms with E-state index in [9.17, 15) is 9.59 Å². The number of likely N-dealkylation sites (N-methyl/N-ethyl adjacent to an activating group) is 1. The number of hydrogen-bond acceptors (Lipinski definition) is 10. The summed E-state index contributed by atoms with van der Waals surface area (Å²) in [6.45, 7) is 5.46. The molecule has 2 bridgehead atoms. The van der Waals surface area contributed by atoms with Gasteiger partial charge in [0.25, 0.3) is 5.91 Å². The summed E-state index contributed by atoms with van der Waals surface area (Å²) in [5.41, 5.74) is 1.21. The standard InChI is InChI=1S/C28H32Cl2N6O3S2/c1-3-39-27(38)16-6-8-35(9-7-16)24-21(30)10-17(12-31-24)25(37)33-28-32-23(22-11-18(29)15-40-22)26(41-28)36-14-19-4-5-20(36)13-34(19)2/h10-12,15-16,19-20H,3-9,13-14H2,1-2H3,(H,32,33,37). The Morgan fingerprint density at radius 3 is 2.54 bits per heavy atom. The highest BCUT2D eigenvalue weighted by Gasteiger charge is 2.39. The molecule has 4 saturated heterocycles. The van der Waals surface area contributed by atoms with Crippen molar-refractivity contribution < 1.29 is 14.3 Å². The molecule has 13 heteroatoms. The SMILES string of the molecule is CCOC(=O)C1CCN(c2ncc(C(=O)Nc3nc(-c4cc(Cl)cs4)c(N4CC5CCC4CN5C)s3)cc2Cl)CC1. The minimum atomic E-state index is -0.317. The molecule has 4 fully saturated rings. The van der Waals surface area contributed by atoms with E-state index in [0.717, 1.165) is 35.1 Å². The number of amides is 1. The summed E-state index contributed by atoms with van der Waals surface area (Å²) >= 11 is 15.9. The van der Waals surface area contributed by atoms with Crippen LogP contribution in [-0.4, -0.2) is 78.7 Å². The molecule has 218 valence electrons. The van der Waals surface area contributed by atoms with Crippen molar-refractivity contribution in [2.45, 2.75) is 44.7 Å². The Morgan fingerprint density at radius 2 is 1.90 bits per heavy atom. The maximum atomic E-state index is 13.3. The highest BCUT2D eigenvalue weighted by Crippen LogP contribution is 2.45. The number of ether oxygens (including phenoxy) is 1. The van der Waals surface area contributed by atoms with Crippen molar-refractivity contribution in [2.75, 3.05) is 55.0 Å². The number of piperazine rings is 1. The molecular weight excluding hydrogens is 603 g/mol. The highest BCUT2D eigenvalue weighted by atomic mass is 35.5. The van der Waals surface area contributed by atoms with E-state index in [-0.39, 0.29) is 17.8 Å². The lowest BCUT2D eigenvalue weighted by Crippen LogP contribution is -2.61. The molecule has 0 spiro atoms.